The third kappa shape index (κ3) is 26.2. The second kappa shape index (κ2) is 30.0. The van der Waals surface area contributed by atoms with Crippen LogP contribution in [-0.4, -0.2) is 50.0 Å². The molecule has 0 aliphatic rings. The summed E-state index contributed by atoms with van der Waals surface area (Å²) in [4.78, 5) is 16.7. The molecule has 0 aliphatic heterocycles. The highest BCUT2D eigenvalue weighted by Crippen LogP contribution is 2.11. The van der Waals surface area contributed by atoms with Gasteiger partial charge in [0.2, 0.25) is 23.8 Å². The lowest BCUT2D eigenvalue weighted by Crippen LogP contribution is -2.45. The summed E-state index contributed by atoms with van der Waals surface area (Å²) < 4.78 is 0. The van der Waals surface area contributed by atoms with Crippen molar-refractivity contribution in [1.29, 1.82) is 0 Å². The molecule has 0 spiro atoms. The van der Waals surface area contributed by atoms with Crippen molar-refractivity contribution >= 4 is 48.7 Å². The molecule has 2 atom stereocenters. The zero-order valence-corrected chi connectivity index (χ0v) is 27.0. The van der Waals surface area contributed by atoms with Crippen LogP contribution in [0, 0.1) is 11.8 Å². The van der Waals surface area contributed by atoms with Crippen molar-refractivity contribution in [2.45, 2.75) is 105 Å². The topological polar surface area (TPSA) is 202 Å². The number of nitrogens with one attached hydrogen (secondary N) is 4. The molecule has 0 rings (SSSR count). The van der Waals surface area contributed by atoms with Crippen LogP contribution in [0.3, 0.4) is 0 Å². The number of hydrazine groups is 2. The van der Waals surface area contributed by atoms with Gasteiger partial charge in [-0.3, -0.25) is 20.8 Å². The predicted octanol–water partition coefficient (Wildman–Crippen LogP) is 3.27. The van der Waals surface area contributed by atoms with Crippen molar-refractivity contribution in [3.63, 3.8) is 0 Å². The van der Waals surface area contributed by atoms with E-state index in [1.54, 1.807) is 0 Å². The Kier molecular flexibility index (Phi) is 31.8. The quantitative estimate of drug-likeness (QED) is 0.0418. The van der Waals surface area contributed by atoms with Gasteiger partial charge in [-0.15, -0.1) is 24.8 Å². The van der Waals surface area contributed by atoms with Crippen molar-refractivity contribution in [3.8, 4) is 0 Å². The SMILES string of the molecule is CCCCC(CC)CNN/C(N)=N/C(N)=NCCCCCCN=C(N)/N=C(\N)NNCC(CC)CCCC.Cl.Cl. The van der Waals surface area contributed by atoms with E-state index in [9.17, 15) is 0 Å². The van der Waals surface area contributed by atoms with Crippen molar-refractivity contribution in [2.24, 2.45) is 54.7 Å². The lowest BCUT2D eigenvalue weighted by atomic mass is 10.00. The molecular weight excluding hydrogens is 551 g/mol. The highest BCUT2D eigenvalue weighted by molar-refractivity contribution is 5.93. The summed E-state index contributed by atoms with van der Waals surface area (Å²) in [7, 11) is 0. The van der Waals surface area contributed by atoms with Gasteiger partial charge < -0.3 is 22.9 Å². The van der Waals surface area contributed by atoms with E-state index in [4.69, 9.17) is 22.9 Å². The zero-order chi connectivity index (χ0) is 28.4. The second-order valence-electron chi connectivity index (χ2n) is 9.73. The van der Waals surface area contributed by atoms with E-state index in [0.29, 0.717) is 24.9 Å². The summed E-state index contributed by atoms with van der Waals surface area (Å²) in [5.74, 6) is 2.03. The predicted molar refractivity (Wildman–Crippen MR) is 178 cm³/mol. The molecule has 0 aromatic carbocycles. The van der Waals surface area contributed by atoms with E-state index in [1.807, 2.05) is 0 Å². The van der Waals surface area contributed by atoms with Crippen molar-refractivity contribution < 1.29 is 0 Å². The molecule has 12 N–H and O–H groups in total. The Bertz CT molecular complexity index is 643. The van der Waals surface area contributed by atoms with Crippen LogP contribution in [0.15, 0.2) is 20.0 Å². The molecule has 238 valence electrons. The standard InChI is InChI=1S/C26H58N12.2ClH/c1-5-9-15-21(7-3)19-33-37-25(29)35-23(27)31-17-13-11-12-14-18-32-24(28)36-26(30)38-34-20-22(8-4)16-10-6-2;;/h21-22,33-34H,5-20H2,1-4H3,(H5,27,29,31,35,37)(H5,28,30,32,36,38);2*1H. The Morgan fingerprint density at radius 2 is 0.950 bits per heavy atom. The number of aliphatic imine (C=N–C) groups is 4. The van der Waals surface area contributed by atoms with E-state index >= 15 is 0 Å². The summed E-state index contributed by atoms with van der Waals surface area (Å²) in [6, 6.07) is 0. The van der Waals surface area contributed by atoms with Crippen LogP contribution in [0.4, 0.5) is 0 Å². The number of nitrogens with two attached hydrogens (primary N) is 4. The van der Waals surface area contributed by atoms with E-state index in [1.165, 1.54) is 38.5 Å². The lowest BCUT2D eigenvalue weighted by molar-refractivity contribution is 0.410. The fourth-order valence-electron chi connectivity index (χ4n) is 3.80. The van der Waals surface area contributed by atoms with E-state index in [0.717, 1.165) is 51.6 Å². The first-order chi connectivity index (χ1) is 18.4. The van der Waals surface area contributed by atoms with Crippen LogP contribution in [0.1, 0.15) is 105 Å². The van der Waals surface area contributed by atoms with Crippen molar-refractivity contribution in [2.75, 3.05) is 26.2 Å². The minimum atomic E-state index is 0. The van der Waals surface area contributed by atoms with Gasteiger partial charge in [0.15, 0.2) is 0 Å². The zero-order valence-electron chi connectivity index (χ0n) is 25.4. The van der Waals surface area contributed by atoms with Gasteiger partial charge in [-0.2, -0.15) is 9.98 Å². The normalized spacial score (nSPS) is 14.2. The maximum absolute atomic E-state index is 5.87. The largest absolute Gasteiger partial charge is 0.368 e. The van der Waals surface area contributed by atoms with Gasteiger partial charge in [0.25, 0.3) is 0 Å². The van der Waals surface area contributed by atoms with Crippen molar-refractivity contribution in [1.82, 2.24) is 21.7 Å². The number of halogens is 2. The Morgan fingerprint density at radius 1 is 0.575 bits per heavy atom. The minimum Gasteiger partial charge on any atom is -0.368 e. The number of hydrogen-bond acceptors (Lipinski definition) is 4. The first-order valence-corrected chi connectivity index (χ1v) is 14.6. The molecule has 0 fully saturated rings. The van der Waals surface area contributed by atoms with Gasteiger partial charge in [-0.05, 0) is 37.5 Å². The highest BCUT2D eigenvalue weighted by atomic mass is 35.5. The summed E-state index contributed by atoms with van der Waals surface area (Å²) in [5, 5.41) is 0. The fraction of sp³-hybridized carbons (Fsp3) is 0.846. The summed E-state index contributed by atoms with van der Waals surface area (Å²) >= 11 is 0. The van der Waals surface area contributed by atoms with Crippen LogP contribution < -0.4 is 44.6 Å². The molecule has 0 radical (unpaired) electrons. The van der Waals surface area contributed by atoms with Gasteiger partial charge in [-0.1, -0.05) is 79.1 Å². The number of hydrogen-bond donors (Lipinski definition) is 8. The van der Waals surface area contributed by atoms with Crippen LogP contribution >= 0.6 is 24.8 Å². The Hall–Kier alpha value is -2.02. The Balaban J connectivity index is -0.00000684. The maximum atomic E-state index is 5.87. The van der Waals surface area contributed by atoms with Crippen LogP contribution in [0.5, 0.6) is 0 Å². The number of rotatable bonds is 21. The first-order valence-electron chi connectivity index (χ1n) is 14.6. The lowest BCUT2D eigenvalue weighted by Gasteiger charge is -2.15. The van der Waals surface area contributed by atoms with Crippen LogP contribution in [0.2, 0.25) is 0 Å². The molecule has 0 bridgehead atoms. The molecule has 0 aromatic rings. The molecule has 0 aromatic heterocycles. The second-order valence-corrected chi connectivity index (χ2v) is 9.73. The van der Waals surface area contributed by atoms with Crippen LogP contribution in [-0.2, 0) is 0 Å². The molecule has 0 heterocycles. The molecule has 40 heavy (non-hydrogen) atoms. The minimum absolute atomic E-state index is 0. The molecular formula is C26H60Cl2N12. The van der Waals surface area contributed by atoms with Gasteiger partial charge in [0.05, 0.1) is 0 Å². The average molecular weight is 612 g/mol. The van der Waals surface area contributed by atoms with Gasteiger partial charge in [-0.25, -0.2) is 10.9 Å². The maximum Gasteiger partial charge on any atom is 0.218 e. The highest BCUT2D eigenvalue weighted by Gasteiger charge is 2.06. The fourth-order valence-corrected chi connectivity index (χ4v) is 3.80. The van der Waals surface area contributed by atoms with E-state index < -0.39 is 0 Å². The smallest absolute Gasteiger partial charge is 0.218 e. The Morgan fingerprint density at radius 3 is 1.27 bits per heavy atom. The summed E-state index contributed by atoms with van der Waals surface area (Å²) in [6.07, 6.45) is 13.4. The third-order valence-corrected chi connectivity index (χ3v) is 6.38. The Labute approximate surface area is 255 Å². The first kappa shape index (κ1) is 42.4. The molecule has 0 amide bonds. The van der Waals surface area contributed by atoms with Gasteiger partial charge in [0.1, 0.15) is 0 Å². The van der Waals surface area contributed by atoms with E-state index in [2.05, 4.69) is 69.4 Å². The molecule has 0 aliphatic carbocycles. The number of unbranched alkanes of at least 4 members (excludes halogenated alkanes) is 5. The molecule has 14 heteroatoms. The van der Waals surface area contributed by atoms with Gasteiger partial charge in [0, 0.05) is 26.2 Å². The molecule has 12 nitrogen and oxygen atoms in total. The number of nitrogens with zero attached hydrogens (tertiary/aromatic N) is 4. The average Bonchev–Trinajstić information content (AvgIpc) is 2.89. The molecule has 0 saturated carbocycles. The summed E-state index contributed by atoms with van der Waals surface area (Å²) in [5.41, 5.74) is 35.5. The third-order valence-electron chi connectivity index (χ3n) is 6.38. The molecule has 0 saturated heterocycles. The van der Waals surface area contributed by atoms with E-state index in [-0.39, 0.29) is 48.7 Å². The summed E-state index contributed by atoms with van der Waals surface area (Å²) in [6.45, 7) is 11.7. The molecule has 2 unspecified atom stereocenters. The monoisotopic (exact) mass is 610 g/mol. The van der Waals surface area contributed by atoms with Gasteiger partial charge >= 0.3 is 0 Å². The van der Waals surface area contributed by atoms with Crippen molar-refractivity contribution in [3.05, 3.63) is 0 Å². The number of guanidine groups is 4. The van der Waals surface area contributed by atoms with Crippen LogP contribution in [0.25, 0.3) is 0 Å².